The lowest BCUT2D eigenvalue weighted by molar-refractivity contribution is -0.121. The minimum absolute atomic E-state index is 0.0605. The molecule has 0 aliphatic rings. The number of benzene rings is 1. The monoisotopic (exact) mass is 268 g/mol. The summed E-state index contributed by atoms with van der Waals surface area (Å²) >= 11 is 4.76. The van der Waals surface area contributed by atoms with Crippen molar-refractivity contribution in [3.05, 3.63) is 35.1 Å². The van der Waals surface area contributed by atoms with E-state index in [1.165, 1.54) is 6.07 Å². The van der Waals surface area contributed by atoms with Crippen molar-refractivity contribution in [2.75, 3.05) is 0 Å². The molecule has 1 aromatic carbocycles. The Morgan fingerprint density at radius 3 is 2.78 bits per heavy atom. The summed E-state index contributed by atoms with van der Waals surface area (Å²) in [5.41, 5.74) is 6.32. The van der Waals surface area contributed by atoms with Gasteiger partial charge in [-0.1, -0.05) is 37.7 Å². The fraction of sp³-hybridized carbons (Fsp3) is 0.385. The van der Waals surface area contributed by atoms with E-state index in [0.29, 0.717) is 17.5 Å². The largest absolute Gasteiger partial charge is 0.389 e. The number of nitrogens with one attached hydrogen (secondary N) is 1. The van der Waals surface area contributed by atoms with Crippen molar-refractivity contribution in [1.29, 1.82) is 0 Å². The lowest BCUT2D eigenvalue weighted by Gasteiger charge is -2.07. The number of unbranched alkanes of at least 4 members (excludes halogenated alkanes) is 1. The van der Waals surface area contributed by atoms with Crippen molar-refractivity contribution in [1.82, 2.24) is 5.32 Å². The second-order valence-corrected chi connectivity index (χ2v) is 4.49. The summed E-state index contributed by atoms with van der Waals surface area (Å²) in [4.78, 5) is 11.5. The van der Waals surface area contributed by atoms with E-state index in [1.54, 1.807) is 12.1 Å². The Kier molecular flexibility index (Phi) is 5.71. The third kappa shape index (κ3) is 4.41. The third-order valence-electron chi connectivity index (χ3n) is 2.57. The highest BCUT2D eigenvalue weighted by Crippen LogP contribution is 2.10. The van der Waals surface area contributed by atoms with Crippen molar-refractivity contribution in [2.24, 2.45) is 5.73 Å². The molecule has 0 aromatic heterocycles. The van der Waals surface area contributed by atoms with Crippen molar-refractivity contribution in [3.63, 3.8) is 0 Å². The van der Waals surface area contributed by atoms with E-state index >= 15 is 0 Å². The fourth-order valence-corrected chi connectivity index (χ4v) is 1.59. The number of nitrogens with two attached hydrogens (primary N) is 1. The van der Waals surface area contributed by atoms with E-state index in [-0.39, 0.29) is 17.4 Å². The van der Waals surface area contributed by atoms with Crippen LogP contribution in [0.15, 0.2) is 18.2 Å². The Morgan fingerprint density at radius 2 is 2.22 bits per heavy atom. The number of thiocarbonyl (C=S) groups is 1. The van der Waals surface area contributed by atoms with Crippen LogP contribution in [0.1, 0.15) is 37.3 Å². The SMILES string of the molecule is CCCCC(=O)NCc1ccc(C(N)=S)cc1F. The van der Waals surface area contributed by atoms with Crippen LogP contribution in [0.4, 0.5) is 4.39 Å². The summed E-state index contributed by atoms with van der Waals surface area (Å²) < 4.78 is 13.6. The molecule has 3 N–H and O–H groups in total. The average Bonchev–Trinajstić information content (AvgIpc) is 2.34. The molecule has 1 rings (SSSR count). The molecule has 1 aromatic rings. The molecule has 0 fully saturated rings. The molecule has 0 aliphatic heterocycles. The Morgan fingerprint density at radius 1 is 1.50 bits per heavy atom. The van der Waals surface area contributed by atoms with Gasteiger partial charge in [-0.15, -0.1) is 0 Å². The quantitative estimate of drug-likeness (QED) is 0.778. The van der Waals surface area contributed by atoms with Gasteiger partial charge in [-0.3, -0.25) is 4.79 Å². The summed E-state index contributed by atoms with van der Waals surface area (Å²) in [5.74, 6) is -0.467. The van der Waals surface area contributed by atoms with Gasteiger partial charge in [0.2, 0.25) is 5.91 Å². The van der Waals surface area contributed by atoms with Crippen LogP contribution in [0.2, 0.25) is 0 Å². The standard InChI is InChI=1S/C13H17FN2OS/c1-2-3-4-12(17)16-8-10-6-5-9(13(15)18)7-11(10)14/h5-7H,2-4,8H2,1H3,(H2,15,18)(H,16,17). The van der Waals surface area contributed by atoms with E-state index in [9.17, 15) is 9.18 Å². The van der Waals surface area contributed by atoms with Crippen LogP contribution in [0, 0.1) is 5.82 Å². The first-order chi connectivity index (χ1) is 8.54. The Balaban J connectivity index is 2.58. The molecular weight excluding hydrogens is 251 g/mol. The molecule has 0 saturated carbocycles. The minimum Gasteiger partial charge on any atom is -0.389 e. The van der Waals surface area contributed by atoms with Crippen LogP contribution in [-0.2, 0) is 11.3 Å². The van der Waals surface area contributed by atoms with Gasteiger partial charge in [-0.2, -0.15) is 0 Å². The van der Waals surface area contributed by atoms with Gasteiger partial charge >= 0.3 is 0 Å². The Hall–Kier alpha value is -1.49. The topological polar surface area (TPSA) is 55.1 Å². The number of carbonyl (C=O) groups is 1. The zero-order valence-corrected chi connectivity index (χ0v) is 11.1. The highest BCUT2D eigenvalue weighted by molar-refractivity contribution is 7.80. The van der Waals surface area contributed by atoms with Crippen molar-refractivity contribution in [2.45, 2.75) is 32.7 Å². The first kappa shape index (κ1) is 14.6. The molecule has 98 valence electrons. The lowest BCUT2D eigenvalue weighted by atomic mass is 10.1. The van der Waals surface area contributed by atoms with Crippen LogP contribution >= 0.6 is 12.2 Å². The van der Waals surface area contributed by atoms with Crippen LogP contribution in [0.3, 0.4) is 0 Å². The van der Waals surface area contributed by atoms with E-state index in [1.807, 2.05) is 6.92 Å². The Bertz CT molecular complexity index is 449. The molecule has 0 bridgehead atoms. The Labute approximate surface area is 112 Å². The molecule has 0 saturated heterocycles. The summed E-state index contributed by atoms with van der Waals surface area (Å²) in [6, 6.07) is 4.53. The molecule has 18 heavy (non-hydrogen) atoms. The zero-order chi connectivity index (χ0) is 13.5. The molecule has 0 heterocycles. The van der Waals surface area contributed by atoms with Gasteiger partial charge < -0.3 is 11.1 Å². The maximum atomic E-state index is 13.6. The van der Waals surface area contributed by atoms with Crippen LogP contribution in [-0.4, -0.2) is 10.9 Å². The van der Waals surface area contributed by atoms with Crippen molar-refractivity contribution in [3.8, 4) is 0 Å². The number of halogens is 1. The minimum atomic E-state index is -0.406. The molecule has 0 spiro atoms. The highest BCUT2D eigenvalue weighted by Gasteiger charge is 2.06. The molecule has 0 aliphatic carbocycles. The molecule has 3 nitrogen and oxygen atoms in total. The molecule has 5 heteroatoms. The third-order valence-corrected chi connectivity index (χ3v) is 2.81. The number of hydrogen-bond acceptors (Lipinski definition) is 2. The van der Waals surface area contributed by atoms with E-state index < -0.39 is 5.82 Å². The van der Waals surface area contributed by atoms with Gasteiger partial charge in [0.15, 0.2) is 0 Å². The number of carbonyl (C=O) groups excluding carboxylic acids is 1. The normalized spacial score (nSPS) is 10.1. The van der Waals surface area contributed by atoms with Crippen molar-refractivity contribution >= 4 is 23.1 Å². The van der Waals surface area contributed by atoms with E-state index in [2.05, 4.69) is 5.32 Å². The fourth-order valence-electron chi connectivity index (χ4n) is 1.46. The van der Waals surface area contributed by atoms with Gasteiger partial charge in [0.25, 0.3) is 0 Å². The maximum Gasteiger partial charge on any atom is 0.220 e. The molecular formula is C13H17FN2OS. The second kappa shape index (κ2) is 7.06. The van der Waals surface area contributed by atoms with Crippen LogP contribution < -0.4 is 11.1 Å². The number of rotatable bonds is 6. The summed E-state index contributed by atoms with van der Waals surface area (Å²) in [7, 11) is 0. The summed E-state index contributed by atoms with van der Waals surface area (Å²) in [6.07, 6.45) is 2.28. The second-order valence-electron chi connectivity index (χ2n) is 4.05. The first-order valence-corrected chi connectivity index (χ1v) is 6.30. The number of hydrogen-bond donors (Lipinski definition) is 2. The maximum absolute atomic E-state index is 13.6. The highest BCUT2D eigenvalue weighted by atomic mass is 32.1. The van der Waals surface area contributed by atoms with Crippen molar-refractivity contribution < 1.29 is 9.18 Å². The zero-order valence-electron chi connectivity index (χ0n) is 10.3. The summed E-state index contributed by atoms with van der Waals surface area (Å²) in [6.45, 7) is 2.20. The smallest absolute Gasteiger partial charge is 0.220 e. The van der Waals surface area contributed by atoms with E-state index in [4.69, 9.17) is 18.0 Å². The van der Waals surface area contributed by atoms with E-state index in [0.717, 1.165) is 12.8 Å². The molecule has 1 amide bonds. The average molecular weight is 268 g/mol. The van der Waals surface area contributed by atoms with Gasteiger partial charge in [-0.25, -0.2) is 4.39 Å². The number of amides is 1. The lowest BCUT2D eigenvalue weighted by Crippen LogP contribution is -2.23. The summed E-state index contributed by atoms with van der Waals surface area (Å²) in [5, 5.41) is 2.68. The van der Waals surface area contributed by atoms with Gasteiger partial charge in [0.1, 0.15) is 10.8 Å². The molecule has 0 atom stereocenters. The first-order valence-electron chi connectivity index (χ1n) is 5.89. The predicted molar refractivity (Wildman–Crippen MR) is 73.7 cm³/mol. The molecule has 0 unspecified atom stereocenters. The van der Waals surface area contributed by atoms with Gasteiger partial charge in [0, 0.05) is 24.1 Å². The predicted octanol–water partition coefficient (Wildman–Crippen LogP) is 2.27. The van der Waals surface area contributed by atoms with Crippen LogP contribution in [0.25, 0.3) is 0 Å². The van der Waals surface area contributed by atoms with Crippen LogP contribution in [0.5, 0.6) is 0 Å². The van der Waals surface area contributed by atoms with Gasteiger partial charge in [-0.05, 0) is 12.5 Å². The van der Waals surface area contributed by atoms with Gasteiger partial charge in [0.05, 0.1) is 0 Å². The molecule has 0 radical (unpaired) electrons.